The molecule has 0 fully saturated rings. The summed E-state index contributed by atoms with van der Waals surface area (Å²) >= 11 is 0. The van der Waals surface area contributed by atoms with Crippen molar-refractivity contribution in [1.82, 2.24) is 9.62 Å². The minimum Gasteiger partial charge on any atom is -0.497 e. The van der Waals surface area contributed by atoms with Crippen molar-refractivity contribution in [2.45, 2.75) is 24.9 Å². The predicted octanol–water partition coefficient (Wildman–Crippen LogP) is 3.65. The SMILES string of the molecule is COc1ccc(CNC(=O)CN(Cc2ccc(F)cc2)S(=O)(=O)c2ccc(C)cc2)cc1. The summed E-state index contributed by atoms with van der Waals surface area (Å²) in [6.45, 7) is 1.67. The predicted molar refractivity (Wildman–Crippen MR) is 120 cm³/mol. The lowest BCUT2D eigenvalue weighted by molar-refractivity contribution is -0.121. The van der Waals surface area contributed by atoms with Crippen molar-refractivity contribution >= 4 is 15.9 Å². The molecule has 0 saturated heterocycles. The molecule has 168 valence electrons. The lowest BCUT2D eigenvalue weighted by Gasteiger charge is -2.22. The Bertz CT molecular complexity index is 1150. The Kier molecular flexibility index (Phi) is 7.61. The molecule has 6 nitrogen and oxygen atoms in total. The molecular formula is C24H25FN2O4S. The van der Waals surface area contributed by atoms with Crippen LogP contribution in [0, 0.1) is 12.7 Å². The van der Waals surface area contributed by atoms with Gasteiger partial charge in [-0.3, -0.25) is 4.79 Å². The van der Waals surface area contributed by atoms with Gasteiger partial charge in [-0.15, -0.1) is 0 Å². The van der Waals surface area contributed by atoms with Gasteiger partial charge in [-0.2, -0.15) is 4.31 Å². The molecule has 0 aliphatic rings. The zero-order valence-electron chi connectivity index (χ0n) is 17.9. The molecular weight excluding hydrogens is 431 g/mol. The van der Waals surface area contributed by atoms with Gasteiger partial charge in [-0.05, 0) is 54.4 Å². The summed E-state index contributed by atoms with van der Waals surface area (Å²) in [5.74, 6) is -0.160. The molecule has 0 aliphatic carbocycles. The van der Waals surface area contributed by atoms with Gasteiger partial charge < -0.3 is 10.1 Å². The molecule has 0 radical (unpaired) electrons. The summed E-state index contributed by atoms with van der Waals surface area (Å²) in [6.07, 6.45) is 0. The summed E-state index contributed by atoms with van der Waals surface area (Å²) < 4.78 is 46.0. The second-order valence-electron chi connectivity index (χ2n) is 7.34. The molecule has 0 saturated carbocycles. The van der Waals surface area contributed by atoms with Gasteiger partial charge in [0.2, 0.25) is 15.9 Å². The Hall–Kier alpha value is -3.23. The van der Waals surface area contributed by atoms with E-state index in [0.29, 0.717) is 11.3 Å². The Morgan fingerprint density at radius 2 is 1.53 bits per heavy atom. The molecule has 3 aromatic rings. The number of nitrogens with one attached hydrogen (secondary N) is 1. The minimum atomic E-state index is -3.95. The number of hydrogen-bond donors (Lipinski definition) is 1. The topological polar surface area (TPSA) is 75.7 Å². The van der Waals surface area contributed by atoms with Crippen LogP contribution in [0.25, 0.3) is 0 Å². The van der Waals surface area contributed by atoms with E-state index in [9.17, 15) is 17.6 Å². The number of benzene rings is 3. The largest absolute Gasteiger partial charge is 0.497 e. The van der Waals surface area contributed by atoms with Crippen molar-refractivity contribution in [3.8, 4) is 5.75 Å². The van der Waals surface area contributed by atoms with Gasteiger partial charge in [0, 0.05) is 13.1 Å². The summed E-state index contributed by atoms with van der Waals surface area (Å²) in [4.78, 5) is 12.7. The maximum Gasteiger partial charge on any atom is 0.243 e. The Morgan fingerprint density at radius 1 is 0.938 bits per heavy atom. The highest BCUT2D eigenvalue weighted by molar-refractivity contribution is 7.89. The maximum atomic E-state index is 13.3. The Morgan fingerprint density at radius 3 is 2.12 bits per heavy atom. The van der Waals surface area contributed by atoms with E-state index >= 15 is 0 Å². The molecule has 1 amide bonds. The molecule has 3 rings (SSSR count). The second-order valence-corrected chi connectivity index (χ2v) is 9.28. The average molecular weight is 457 g/mol. The number of halogens is 1. The van der Waals surface area contributed by atoms with Crippen LogP contribution in [-0.4, -0.2) is 32.3 Å². The molecule has 0 heterocycles. The number of carbonyl (C=O) groups is 1. The highest BCUT2D eigenvalue weighted by atomic mass is 32.2. The number of aryl methyl sites for hydroxylation is 1. The van der Waals surface area contributed by atoms with Gasteiger partial charge >= 0.3 is 0 Å². The monoisotopic (exact) mass is 456 g/mol. The van der Waals surface area contributed by atoms with Crippen molar-refractivity contribution < 1.29 is 22.3 Å². The molecule has 0 unspecified atom stereocenters. The molecule has 0 spiro atoms. The van der Waals surface area contributed by atoms with Crippen molar-refractivity contribution in [2.24, 2.45) is 0 Å². The lowest BCUT2D eigenvalue weighted by Crippen LogP contribution is -2.40. The number of carbonyl (C=O) groups excluding carboxylic acids is 1. The first-order chi connectivity index (χ1) is 15.3. The molecule has 8 heteroatoms. The maximum absolute atomic E-state index is 13.3. The molecule has 0 aliphatic heterocycles. The third kappa shape index (κ3) is 6.15. The van der Waals surface area contributed by atoms with Gasteiger partial charge in [0.1, 0.15) is 11.6 Å². The van der Waals surface area contributed by atoms with Crippen molar-refractivity contribution in [3.05, 3.63) is 95.3 Å². The first-order valence-corrected chi connectivity index (χ1v) is 11.4. The molecule has 1 N–H and O–H groups in total. The van der Waals surface area contributed by atoms with Crippen molar-refractivity contribution in [3.63, 3.8) is 0 Å². The van der Waals surface area contributed by atoms with E-state index in [1.54, 1.807) is 31.4 Å². The fourth-order valence-electron chi connectivity index (χ4n) is 3.04. The van der Waals surface area contributed by atoms with Crippen LogP contribution in [0.4, 0.5) is 4.39 Å². The third-order valence-corrected chi connectivity index (χ3v) is 6.71. The van der Waals surface area contributed by atoms with Crippen molar-refractivity contribution in [1.29, 1.82) is 0 Å². The lowest BCUT2D eigenvalue weighted by atomic mass is 10.2. The van der Waals surface area contributed by atoms with Crippen LogP contribution >= 0.6 is 0 Å². The fourth-order valence-corrected chi connectivity index (χ4v) is 4.42. The number of nitrogens with zero attached hydrogens (tertiary/aromatic N) is 1. The van der Waals surface area contributed by atoms with Crippen LogP contribution in [0.2, 0.25) is 0 Å². The number of ether oxygens (including phenoxy) is 1. The van der Waals surface area contributed by atoms with Crippen molar-refractivity contribution in [2.75, 3.05) is 13.7 Å². The number of rotatable bonds is 9. The van der Waals surface area contributed by atoms with Crippen LogP contribution in [0.3, 0.4) is 0 Å². The molecule has 0 bridgehead atoms. The zero-order valence-corrected chi connectivity index (χ0v) is 18.7. The van der Waals surface area contributed by atoms with Gasteiger partial charge in [-0.1, -0.05) is 42.0 Å². The van der Waals surface area contributed by atoms with E-state index in [1.807, 2.05) is 19.1 Å². The van der Waals surface area contributed by atoms with Crippen LogP contribution < -0.4 is 10.1 Å². The van der Waals surface area contributed by atoms with Crippen LogP contribution in [-0.2, 0) is 27.9 Å². The molecule has 0 aromatic heterocycles. The van der Waals surface area contributed by atoms with E-state index in [-0.39, 0.29) is 24.5 Å². The quantitative estimate of drug-likeness (QED) is 0.533. The first kappa shape index (κ1) is 23.4. The van der Waals surface area contributed by atoms with Crippen LogP contribution in [0.5, 0.6) is 5.75 Å². The van der Waals surface area contributed by atoms with Gasteiger partial charge in [0.05, 0.1) is 18.6 Å². The van der Waals surface area contributed by atoms with Crippen LogP contribution in [0.15, 0.2) is 77.7 Å². The van der Waals surface area contributed by atoms with E-state index in [1.165, 1.54) is 36.4 Å². The minimum absolute atomic E-state index is 0.0631. The summed E-state index contributed by atoms with van der Waals surface area (Å²) in [6, 6.07) is 19.1. The summed E-state index contributed by atoms with van der Waals surface area (Å²) in [7, 11) is -2.38. The van der Waals surface area contributed by atoms with E-state index in [0.717, 1.165) is 15.4 Å². The zero-order chi connectivity index (χ0) is 23.1. The normalized spacial score (nSPS) is 11.4. The van der Waals surface area contributed by atoms with E-state index in [2.05, 4.69) is 5.32 Å². The number of amides is 1. The smallest absolute Gasteiger partial charge is 0.243 e. The van der Waals surface area contributed by atoms with Gasteiger partial charge in [0.25, 0.3) is 0 Å². The highest BCUT2D eigenvalue weighted by Gasteiger charge is 2.27. The molecule has 0 atom stereocenters. The number of methoxy groups -OCH3 is 1. The first-order valence-electron chi connectivity index (χ1n) is 9.99. The van der Waals surface area contributed by atoms with E-state index < -0.39 is 21.7 Å². The summed E-state index contributed by atoms with van der Waals surface area (Å²) in [5.41, 5.74) is 2.35. The van der Waals surface area contributed by atoms with Gasteiger partial charge in [0.15, 0.2) is 0 Å². The standard InChI is InChI=1S/C24H25FN2O4S/c1-18-3-13-23(14-4-18)32(29,30)27(16-20-5-9-21(25)10-6-20)17-24(28)26-15-19-7-11-22(31-2)12-8-19/h3-14H,15-17H2,1-2H3,(H,26,28). The van der Waals surface area contributed by atoms with Gasteiger partial charge in [-0.25, -0.2) is 12.8 Å². The highest BCUT2D eigenvalue weighted by Crippen LogP contribution is 2.19. The van der Waals surface area contributed by atoms with Crippen LogP contribution in [0.1, 0.15) is 16.7 Å². The average Bonchev–Trinajstić information content (AvgIpc) is 2.79. The third-order valence-electron chi connectivity index (χ3n) is 4.90. The van der Waals surface area contributed by atoms with E-state index in [4.69, 9.17) is 4.74 Å². The number of sulfonamides is 1. The summed E-state index contributed by atoms with van der Waals surface area (Å²) in [5, 5.41) is 2.75. The Labute approximate surface area is 187 Å². The number of hydrogen-bond acceptors (Lipinski definition) is 4. The molecule has 3 aromatic carbocycles. The second kappa shape index (κ2) is 10.4. The Balaban J connectivity index is 1.77. The molecule has 32 heavy (non-hydrogen) atoms. The fraction of sp³-hybridized carbons (Fsp3) is 0.208.